The molecule has 0 saturated heterocycles. The van der Waals surface area contributed by atoms with Gasteiger partial charge in [0.15, 0.2) is 5.96 Å². The number of methoxy groups -OCH3 is 1. The molecule has 2 N–H and O–H groups in total. The van der Waals surface area contributed by atoms with Gasteiger partial charge in [0.05, 0.1) is 13.5 Å². The van der Waals surface area contributed by atoms with Crippen LogP contribution < -0.4 is 10.6 Å². The summed E-state index contributed by atoms with van der Waals surface area (Å²) in [7, 11) is 3.11. The van der Waals surface area contributed by atoms with Gasteiger partial charge in [-0.05, 0) is 18.8 Å². The van der Waals surface area contributed by atoms with E-state index in [0.29, 0.717) is 13.0 Å². The predicted molar refractivity (Wildman–Crippen MR) is 70.1 cm³/mol. The lowest BCUT2D eigenvalue weighted by Crippen LogP contribution is -2.38. The Labute approximate surface area is 104 Å². The van der Waals surface area contributed by atoms with Crippen molar-refractivity contribution >= 4 is 11.9 Å². The maximum absolute atomic E-state index is 10.9. The highest BCUT2D eigenvalue weighted by molar-refractivity contribution is 5.80. The summed E-state index contributed by atoms with van der Waals surface area (Å²) in [6.45, 7) is 5.86. The van der Waals surface area contributed by atoms with E-state index in [1.54, 1.807) is 7.05 Å². The normalized spacial score (nSPS) is 11.5. The number of guanidine groups is 1. The molecule has 0 saturated carbocycles. The van der Waals surface area contributed by atoms with Crippen LogP contribution in [0, 0.1) is 5.92 Å². The Balaban J connectivity index is 3.60. The van der Waals surface area contributed by atoms with Crippen molar-refractivity contribution in [1.82, 2.24) is 10.6 Å². The molecule has 0 fully saturated rings. The predicted octanol–water partition coefficient (Wildman–Crippen LogP) is 1.15. The molecule has 0 bridgehead atoms. The third-order valence-corrected chi connectivity index (χ3v) is 2.32. The highest BCUT2D eigenvalue weighted by atomic mass is 16.5. The quantitative estimate of drug-likeness (QED) is 0.305. The zero-order valence-corrected chi connectivity index (χ0v) is 11.4. The lowest BCUT2D eigenvalue weighted by molar-refractivity contribution is -0.140. The van der Waals surface area contributed by atoms with Crippen LogP contribution in [0.15, 0.2) is 4.99 Å². The van der Waals surface area contributed by atoms with Gasteiger partial charge in [-0.2, -0.15) is 0 Å². The molecule has 5 heteroatoms. The summed E-state index contributed by atoms with van der Waals surface area (Å²) >= 11 is 0. The fraction of sp³-hybridized carbons (Fsp3) is 0.833. The van der Waals surface area contributed by atoms with Gasteiger partial charge in [0.25, 0.3) is 0 Å². The number of nitrogens with one attached hydrogen (secondary N) is 2. The Morgan fingerprint density at radius 2 is 1.94 bits per heavy atom. The zero-order chi connectivity index (χ0) is 13.1. The minimum atomic E-state index is -0.215. The fourth-order valence-corrected chi connectivity index (χ4v) is 1.32. The zero-order valence-electron chi connectivity index (χ0n) is 11.4. The maximum atomic E-state index is 10.9. The number of hydrogen-bond donors (Lipinski definition) is 2. The van der Waals surface area contributed by atoms with Gasteiger partial charge in [0.2, 0.25) is 0 Å². The van der Waals surface area contributed by atoms with Crippen molar-refractivity contribution in [3.05, 3.63) is 0 Å². The molecular weight excluding hydrogens is 218 g/mol. The van der Waals surface area contributed by atoms with Gasteiger partial charge in [-0.3, -0.25) is 9.79 Å². The van der Waals surface area contributed by atoms with E-state index in [4.69, 9.17) is 0 Å². The fourth-order valence-electron chi connectivity index (χ4n) is 1.32. The molecule has 0 heterocycles. The van der Waals surface area contributed by atoms with Gasteiger partial charge >= 0.3 is 5.97 Å². The van der Waals surface area contributed by atoms with E-state index >= 15 is 0 Å². The Kier molecular flexibility index (Phi) is 9.19. The lowest BCUT2D eigenvalue weighted by Gasteiger charge is -2.11. The third-order valence-electron chi connectivity index (χ3n) is 2.32. The minimum absolute atomic E-state index is 0.215. The van der Waals surface area contributed by atoms with E-state index in [2.05, 4.69) is 34.2 Å². The molecule has 0 amide bonds. The van der Waals surface area contributed by atoms with Crippen LogP contribution in [0.2, 0.25) is 0 Å². The molecular formula is C12H25N3O2. The van der Waals surface area contributed by atoms with Gasteiger partial charge in [0.1, 0.15) is 0 Å². The van der Waals surface area contributed by atoms with E-state index in [1.165, 1.54) is 13.5 Å². The van der Waals surface area contributed by atoms with Gasteiger partial charge in [-0.25, -0.2) is 0 Å². The molecule has 0 rings (SSSR count). The summed E-state index contributed by atoms with van der Waals surface area (Å²) in [5.41, 5.74) is 0. The number of hydrogen-bond acceptors (Lipinski definition) is 3. The molecule has 0 radical (unpaired) electrons. The van der Waals surface area contributed by atoms with Crippen LogP contribution in [0.5, 0.6) is 0 Å². The average Bonchev–Trinajstić information content (AvgIpc) is 2.31. The van der Waals surface area contributed by atoms with Crippen molar-refractivity contribution in [2.24, 2.45) is 10.9 Å². The molecule has 0 unspecified atom stereocenters. The smallest absolute Gasteiger partial charge is 0.307 e. The molecule has 5 nitrogen and oxygen atoms in total. The largest absolute Gasteiger partial charge is 0.469 e. The molecule has 0 aromatic carbocycles. The van der Waals surface area contributed by atoms with Crippen molar-refractivity contribution in [1.29, 1.82) is 0 Å². The first-order chi connectivity index (χ1) is 8.10. The number of aliphatic imine (C=N–C) groups is 1. The van der Waals surface area contributed by atoms with Crippen LogP contribution in [0.4, 0.5) is 0 Å². The summed E-state index contributed by atoms with van der Waals surface area (Å²) in [5.74, 6) is 1.25. The van der Waals surface area contributed by atoms with Gasteiger partial charge in [0, 0.05) is 20.1 Å². The summed E-state index contributed by atoms with van der Waals surface area (Å²) in [6, 6.07) is 0. The second kappa shape index (κ2) is 9.93. The molecule has 0 atom stereocenters. The highest BCUT2D eigenvalue weighted by Gasteiger charge is 2.01. The van der Waals surface area contributed by atoms with E-state index in [-0.39, 0.29) is 5.97 Å². The van der Waals surface area contributed by atoms with Crippen molar-refractivity contribution in [2.75, 3.05) is 27.2 Å². The van der Waals surface area contributed by atoms with Crippen molar-refractivity contribution in [3.63, 3.8) is 0 Å². The summed E-state index contributed by atoms with van der Waals surface area (Å²) in [6.07, 6.45) is 2.67. The molecule has 0 aromatic rings. The topological polar surface area (TPSA) is 62.7 Å². The van der Waals surface area contributed by atoms with Gasteiger partial charge < -0.3 is 15.4 Å². The number of ether oxygens (including phenoxy) is 1. The second-order valence-corrected chi connectivity index (χ2v) is 4.29. The van der Waals surface area contributed by atoms with Crippen LogP contribution in [-0.4, -0.2) is 39.2 Å². The van der Waals surface area contributed by atoms with Crippen LogP contribution >= 0.6 is 0 Å². The van der Waals surface area contributed by atoms with Crippen LogP contribution in [0.3, 0.4) is 0 Å². The first kappa shape index (κ1) is 15.7. The molecule has 0 aliphatic heterocycles. The molecule has 17 heavy (non-hydrogen) atoms. The van der Waals surface area contributed by atoms with Crippen molar-refractivity contribution < 1.29 is 9.53 Å². The third kappa shape index (κ3) is 9.66. The maximum Gasteiger partial charge on any atom is 0.307 e. The van der Waals surface area contributed by atoms with Gasteiger partial charge in [-0.1, -0.05) is 13.8 Å². The summed E-state index contributed by atoms with van der Waals surface area (Å²) in [5, 5.41) is 6.26. The molecule has 0 spiro atoms. The Hall–Kier alpha value is -1.26. The van der Waals surface area contributed by atoms with Crippen LogP contribution in [0.25, 0.3) is 0 Å². The summed E-state index contributed by atoms with van der Waals surface area (Å²) < 4.78 is 4.55. The number of carbonyl (C=O) groups excluding carboxylic acids is 1. The first-order valence-corrected chi connectivity index (χ1v) is 6.11. The number of rotatable bonds is 7. The SMILES string of the molecule is CN=C(NCCCC(C)C)NCCC(=O)OC. The molecule has 100 valence electrons. The molecule has 0 aromatic heterocycles. The van der Waals surface area contributed by atoms with Crippen LogP contribution in [0.1, 0.15) is 33.1 Å². The Morgan fingerprint density at radius 1 is 1.29 bits per heavy atom. The lowest BCUT2D eigenvalue weighted by atomic mass is 10.1. The van der Waals surface area contributed by atoms with Crippen molar-refractivity contribution in [3.8, 4) is 0 Å². The number of esters is 1. The minimum Gasteiger partial charge on any atom is -0.469 e. The average molecular weight is 243 g/mol. The number of nitrogens with zero attached hydrogens (tertiary/aromatic N) is 1. The Bertz CT molecular complexity index is 240. The molecule has 0 aliphatic carbocycles. The van der Waals surface area contributed by atoms with E-state index in [0.717, 1.165) is 24.8 Å². The standard InChI is InChI=1S/C12H25N3O2/c1-10(2)6-5-8-14-12(13-3)15-9-7-11(16)17-4/h10H,5-9H2,1-4H3,(H2,13,14,15). The van der Waals surface area contributed by atoms with E-state index in [1.807, 2.05) is 0 Å². The van der Waals surface area contributed by atoms with E-state index in [9.17, 15) is 4.79 Å². The Morgan fingerprint density at radius 3 is 2.47 bits per heavy atom. The summed E-state index contributed by atoms with van der Waals surface area (Å²) in [4.78, 5) is 15.0. The number of carbonyl (C=O) groups is 1. The first-order valence-electron chi connectivity index (χ1n) is 6.11. The second-order valence-electron chi connectivity index (χ2n) is 4.29. The molecule has 0 aliphatic rings. The monoisotopic (exact) mass is 243 g/mol. The van der Waals surface area contributed by atoms with Crippen molar-refractivity contribution in [2.45, 2.75) is 33.1 Å². The van der Waals surface area contributed by atoms with E-state index < -0.39 is 0 Å². The van der Waals surface area contributed by atoms with Crippen LogP contribution in [-0.2, 0) is 9.53 Å². The highest BCUT2D eigenvalue weighted by Crippen LogP contribution is 2.01. The van der Waals surface area contributed by atoms with Gasteiger partial charge in [-0.15, -0.1) is 0 Å².